The highest BCUT2D eigenvalue weighted by Crippen LogP contribution is 2.20. The Bertz CT molecular complexity index is 601. The molecule has 0 aliphatic carbocycles. The number of nitrogens with one attached hydrogen (secondary N) is 2. The van der Waals surface area contributed by atoms with Crippen molar-refractivity contribution in [3.8, 4) is 0 Å². The minimum atomic E-state index is -3.59. The molecule has 1 atom stereocenters. The number of carbonyl (C=O) groups excluding carboxylic acids is 1. The largest absolute Gasteiger partial charge is 0.352 e. The van der Waals surface area contributed by atoms with Gasteiger partial charge >= 0.3 is 0 Å². The molecule has 2 N–H and O–H groups in total. The molecule has 1 fully saturated rings. The van der Waals surface area contributed by atoms with Gasteiger partial charge in [-0.25, -0.2) is 13.1 Å². The van der Waals surface area contributed by atoms with Crippen LogP contribution in [0.1, 0.15) is 18.4 Å². The van der Waals surface area contributed by atoms with Crippen molar-refractivity contribution in [2.75, 3.05) is 6.54 Å². The molecule has 1 unspecified atom stereocenters. The molecule has 104 valence electrons. The quantitative estimate of drug-likeness (QED) is 0.878. The third kappa shape index (κ3) is 3.46. The number of sulfonamides is 1. The fraction of sp³-hybridized carbons (Fsp3) is 0.417. The summed E-state index contributed by atoms with van der Waals surface area (Å²) in [5.74, 6) is -0.0393. The molecule has 0 spiro atoms. The Morgan fingerprint density at radius 2 is 2.21 bits per heavy atom. The molecule has 0 bridgehead atoms. The van der Waals surface area contributed by atoms with Crippen LogP contribution in [0.3, 0.4) is 0 Å². The lowest BCUT2D eigenvalue weighted by atomic mass is 10.2. The number of aryl methyl sites for hydroxylation is 1. The fourth-order valence-electron chi connectivity index (χ4n) is 1.86. The number of amides is 1. The van der Waals surface area contributed by atoms with Gasteiger partial charge < -0.3 is 5.32 Å². The lowest BCUT2D eigenvalue weighted by Crippen LogP contribution is -2.38. The van der Waals surface area contributed by atoms with Gasteiger partial charge in [-0.05, 0) is 31.0 Å². The molecule has 1 aromatic carbocycles. The van der Waals surface area contributed by atoms with Crippen molar-refractivity contribution in [3.05, 3.63) is 28.8 Å². The Balaban J connectivity index is 2.05. The van der Waals surface area contributed by atoms with E-state index in [1.807, 2.05) is 0 Å². The maximum Gasteiger partial charge on any atom is 0.240 e. The zero-order valence-electron chi connectivity index (χ0n) is 10.4. The number of hydrogen-bond acceptors (Lipinski definition) is 3. The van der Waals surface area contributed by atoms with Crippen LogP contribution in [-0.4, -0.2) is 26.9 Å². The third-order valence-corrected chi connectivity index (χ3v) is 4.89. The first-order valence-electron chi connectivity index (χ1n) is 5.94. The van der Waals surface area contributed by atoms with Crippen LogP contribution in [0.5, 0.6) is 0 Å². The maximum absolute atomic E-state index is 12.1. The van der Waals surface area contributed by atoms with E-state index in [9.17, 15) is 13.2 Å². The summed E-state index contributed by atoms with van der Waals surface area (Å²) in [6.45, 7) is 2.00. The molecular weight excluding hydrogens is 288 g/mol. The summed E-state index contributed by atoms with van der Waals surface area (Å²) in [7, 11) is -3.59. The maximum atomic E-state index is 12.1. The van der Waals surface area contributed by atoms with Crippen LogP contribution in [-0.2, 0) is 14.8 Å². The number of benzene rings is 1. The molecule has 1 saturated heterocycles. The van der Waals surface area contributed by atoms with Gasteiger partial charge in [0.25, 0.3) is 0 Å². The van der Waals surface area contributed by atoms with Gasteiger partial charge in [0.1, 0.15) is 0 Å². The van der Waals surface area contributed by atoms with Gasteiger partial charge in [-0.3, -0.25) is 4.79 Å². The zero-order valence-corrected chi connectivity index (χ0v) is 12.0. The van der Waals surface area contributed by atoms with E-state index >= 15 is 0 Å². The molecule has 1 amide bonds. The first-order valence-corrected chi connectivity index (χ1v) is 7.80. The monoisotopic (exact) mass is 302 g/mol. The van der Waals surface area contributed by atoms with Crippen molar-refractivity contribution in [3.63, 3.8) is 0 Å². The van der Waals surface area contributed by atoms with E-state index in [4.69, 9.17) is 11.6 Å². The first kappa shape index (κ1) is 14.3. The van der Waals surface area contributed by atoms with Crippen molar-refractivity contribution >= 4 is 27.5 Å². The van der Waals surface area contributed by atoms with E-state index in [1.54, 1.807) is 13.0 Å². The van der Waals surface area contributed by atoms with Gasteiger partial charge in [0.2, 0.25) is 15.9 Å². The van der Waals surface area contributed by atoms with Crippen molar-refractivity contribution in [1.29, 1.82) is 0 Å². The molecule has 0 saturated carbocycles. The second kappa shape index (κ2) is 5.48. The fourth-order valence-corrected chi connectivity index (χ4v) is 3.22. The van der Waals surface area contributed by atoms with E-state index < -0.39 is 10.0 Å². The SMILES string of the molecule is Cc1ccc(S(=O)(=O)NCC2CCC(=O)N2)cc1Cl. The molecule has 0 radical (unpaired) electrons. The Morgan fingerprint density at radius 3 is 2.79 bits per heavy atom. The average molecular weight is 303 g/mol. The van der Waals surface area contributed by atoms with Gasteiger partial charge in [0.15, 0.2) is 0 Å². The number of carbonyl (C=O) groups is 1. The minimum Gasteiger partial charge on any atom is -0.352 e. The van der Waals surface area contributed by atoms with Gasteiger partial charge in [0, 0.05) is 24.0 Å². The molecule has 1 heterocycles. The lowest BCUT2D eigenvalue weighted by Gasteiger charge is -2.12. The summed E-state index contributed by atoms with van der Waals surface area (Å²) in [6, 6.07) is 4.46. The van der Waals surface area contributed by atoms with Crippen LogP contribution in [0.25, 0.3) is 0 Å². The summed E-state index contributed by atoms with van der Waals surface area (Å²) < 4.78 is 26.6. The Hall–Kier alpha value is -1.11. The second-order valence-electron chi connectivity index (χ2n) is 4.57. The zero-order chi connectivity index (χ0) is 14.0. The molecule has 19 heavy (non-hydrogen) atoms. The second-order valence-corrected chi connectivity index (χ2v) is 6.74. The van der Waals surface area contributed by atoms with E-state index in [0.717, 1.165) is 5.56 Å². The molecule has 1 aromatic rings. The van der Waals surface area contributed by atoms with Crippen molar-refractivity contribution < 1.29 is 13.2 Å². The summed E-state index contributed by atoms with van der Waals surface area (Å²) >= 11 is 5.92. The summed E-state index contributed by atoms with van der Waals surface area (Å²) in [4.78, 5) is 11.2. The molecular formula is C12H15ClN2O3S. The van der Waals surface area contributed by atoms with E-state index in [-0.39, 0.29) is 23.4 Å². The highest BCUT2D eigenvalue weighted by molar-refractivity contribution is 7.89. The Kier molecular flexibility index (Phi) is 4.13. The third-order valence-electron chi connectivity index (χ3n) is 3.06. The standard InChI is InChI=1S/C12H15ClN2O3S/c1-8-2-4-10(6-11(8)13)19(17,18)14-7-9-3-5-12(16)15-9/h2,4,6,9,14H,3,5,7H2,1H3,(H,15,16). The van der Waals surface area contributed by atoms with E-state index in [1.165, 1.54) is 12.1 Å². The predicted octanol–water partition coefficient (Wildman–Crippen LogP) is 1.21. The topological polar surface area (TPSA) is 75.3 Å². The predicted molar refractivity (Wildman–Crippen MR) is 72.5 cm³/mol. The molecule has 1 aliphatic heterocycles. The van der Waals surface area contributed by atoms with Crippen LogP contribution in [0.15, 0.2) is 23.1 Å². The molecule has 5 nitrogen and oxygen atoms in total. The highest BCUT2D eigenvalue weighted by Gasteiger charge is 2.23. The van der Waals surface area contributed by atoms with E-state index in [2.05, 4.69) is 10.0 Å². The van der Waals surface area contributed by atoms with Crippen LogP contribution in [0, 0.1) is 6.92 Å². The summed E-state index contributed by atoms with van der Waals surface area (Å²) in [5, 5.41) is 3.12. The highest BCUT2D eigenvalue weighted by atomic mass is 35.5. The molecule has 2 rings (SSSR count). The Morgan fingerprint density at radius 1 is 1.47 bits per heavy atom. The van der Waals surface area contributed by atoms with E-state index in [0.29, 0.717) is 17.9 Å². The smallest absolute Gasteiger partial charge is 0.240 e. The molecule has 0 aromatic heterocycles. The molecule has 7 heteroatoms. The number of halogens is 1. The Labute approximate surface area is 117 Å². The summed E-state index contributed by atoms with van der Waals surface area (Å²) in [5.41, 5.74) is 0.823. The van der Waals surface area contributed by atoms with Gasteiger partial charge in [0.05, 0.1) is 4.90 Å². The summed E-state index contributed by atoms with van der Waals surface area (Å²) in [6.07, 6.45) is 1.10. The van der Waals surface area contributed by atoms with Crippen LogP contribution in [0.4, 0.5) is 0 Å². The van der Waals surface area contributed by atoms with Gasteiger partial charge in [-0.1, -0.05) is 17.7 Å². The van der Waals surface area contributed by atoms with Crippen LogP contribution >= 0.6 is 11.6 Å². The van der Waals surface area contributed by atoms with Crippen molar-refractivity contribution in [2.45, 2.75) is 30.7 Å². The van der Waals surface area contributed by atoms with Gasteiger partial charge in [-0.2, -0.15) is 0 Å². The lowest BCUT2D eigenvalue weighted by molar-refractivity contribution is -0.119. The first-order chi connectivity index (χ1) is 8.88. The molecule has 1 aliphatic rings. The minimum absolute atomic E-state index is 0.0393. The van der Waals surface area contributed by atoms with Crippen molar-refractivity contribution in [2.24, 2.45) is 0 Å². The van der Waals surface area contributed by atoms with Crippen LogP contribution < -0.4 is 10.0 Å². The van der Waals surface area contributed by atoms with Crippen molar-refractivity contribution in [1.82, 2.24) is 10.0 Å². The normalized spacial score (nSPS) is 19.5. The average Bonchev–Trinajstić information content (AvgIpc) is 2.76. The number of rotatable bonds is 4. The van der Waals surface area contributed by atoms with Crippen LogP contribution in [0.2, 0.25) is 5.02 Å². The van der Waals surface area contributed by atoms with Gasteiger partial charge in [-0.15, -0.1) is 0 Å². The number of hydrogen-bond donors (Lipinski definition) is 2.